The van der Waals surface area contributed by atoms with E-state index in [2.05, 4.69) is 38.6 Å². The van der Waals surface area contributed by atoms with Gasteiger partial charge in [-0.3, -0.25) is 0 Å². The minimum Gasteiger partial charge on any atom is -0.354 e. The normalized spacial score (nSPS) is 19.1. The van der Waals surface area contributed by atoms with Crippen LogP contribution >= 0.6 is 0 Å². The van der Waals surface area contributed by atoms with Crippen LogP contribution in [0.25, 0.3) is 0 Å². The van der Waals surface area contributed by atoms with Crippen LogP contribution in [-0.2, 0) is 16.4 Å². The lowest BCUT2D eigenvalue weighted by Crippen LogP contribution is -2.49. The molecule has 168 valence electrons. The number of hydrogen-bond donors (Lipinski definition) is 0. The van der Waals surface area contributed by atoms with E-state index in [0.717, 1.165) is 55.6 Å². The predicted octanol–water partition coefficient (Wildman–Crippen LogP) is 1.61. The molecule has 9 heteroatoms. The van der Waals surface area contributed by atoms with Crippen LogP contribution in [-0.4, -0.2) is 87.0 Å². The molecular weight excluding hydrogens is 412 g/mol. The molecule has 3 heterocycles. The zero-order valence-corrected chi connectivity index (χ0v) is 19.5. The molecule has 4 rings (SSSR count). The first-order valence-electron chi connectivity index (χ1n) is 11.0. The second kappa shape index (κ2) is 9.10. The number of anilines is 2. The molecule has 0 amide bonds. The van der Waals surface area contributed by atoms with E-state index in [1.807, 2.05) is 25.1 Å². The van der Waals surface area contributed by atoms with E-state index in [4.69, 9.17) is 0 Å². The van der Waals surface area contributed by atoms with Gasteiger partial charge in [-0.25, -0.2) is 18.4 Å². The van der Waals surface area contributed by atoms with E-state index in [1.165, 1.54) is 0 Å². The molecule has 0 aliphatic carbocycles. The maximum atomic E-state index is 13.0. The average molecular weight is 445 g/mol. The van der Waals surface area contributed by atoms with E-state index >= 15 is 0 Å². The first-order valence-corrected chi connectivity index (χ1v) is 12.4. The quantitative estimate of drug-likeness (QED) is 0.694. The molecule has 0 unspecified atom stereocenters. The molecule has 0 N–H and O–H groups in total. The fraction of sp³-hybridized carbons (Fsp3) is 0.545. The van der Waals surface area contributed by atoms with Gasteiger partial charge >= 0.3 is 0 Å². The second-order valence-electron chi connectivity index (χ2n) is 8.31. The number of aryl methyl sites for hydroxylation is 2. The number of piperazine rings is 2. The summed E-state index contributed by atoms with van der Waals surface area (Å²) in [7, 11) is -1.33. The third-order valence-corrected chi connectivity index (χ3v) is 8.08. The van der Waals surface area contributed by atoms with Gasteiger partial charge in [0.05, 0.1) is 4.90 Å². The summed E-state index contributed by atoms with van der Waals surface area (Å²) in [6, 6.07) is 9.28. The van der Waals surface area contributed by atoms with Crippen LogP contribution < -0.4 is 9.80 Å². The number of sulfonamides is 1. The Hall–Kier alpha value is -2.23. The van der Waals surface area contributed by atoms with Gasteiger partial charge in [0.15, 0.2) is 0 Å². The Bertz CT molecular complexity index is 995. The number of nitrogens with zero attached hydrogens (tertiary/aromatic N) is 6. The molecule has 2 saturated heterocycles. The van der Waals surface area contributed by atoms with Crippen LogP contribution in [0.1, 0.15) is 18.3 Å². The highest BCUT2D eigenvalue weighted by Crippen LogP contribution is 2.24. The van der Waals surface area contributed by atoms with E-state index < -0.39 is 10.0 Å². The van der Waals surface area contributed by atoms with Crippen LogP contribution in [0, 0.1) is 6.92 Å². The Kier molecular flexibility index (Phi) is 6.45. The molecule has 31 heavy (non-hydrogen) atoms. The van der Waals surface area contributed by atoms with Gasteiger partial charge in [0.2, 0.25) is 10.0 Å². The molecule has 1 aromatic carbocycles. The second-order valence-corrected chi connectivity index (χ2v) is 10.2. The molecule has 2 aliphatic rings. The predicted molar refractivity (Wildman–Crippen MR) is 123 cm³/mol. The summed E-state index contributed by atoms with van der Waals surface area (Å²) in [6.45, 7) is 10.1. The van der Waals surface area contributed by atoms with Gasteiger partial charge in [0.25, 0.3) is 0 Å². The maximum Gasteiger partial charge on any atom is 0.243 e. The van der Waals surface area contributed by atoms with Crippen molar-refractivity contribution in [1.82, 2.24) is 19.2 Å². The van der Waals surface area contributed by atoms with Crippen molar-refractivity contribution in [3.8, 4) is 0 Å². The molecule has 0 atom stereocenters. The molecular formula is C22H32N6O2S. The summed E-state index contributed by atoms with van der Waals surface area (Å²) < 4.78 is 27.7. The zero-order valence-electron chi connectivity index (χ0n) is 18.7. The molecule has 2 aromatic rings. The van der Waals surface area contributed by atoms with E-state index in [0.29, 0.717) is 31.1 Å². The fourth-order valence-corrected chi connectivity index (χ4v) is 5.52. The standard InChI is InChI=1S/C22H32N6O2S/c1-4-19-5-7-20(8-6-19)31(29,30)28-15-13-27(14-16-28)22-17-21(23-18(2)24-22)26-11-9-25(3)10-12-26/h5-8,17H,4,9-16H2,1-3H3. The Balaban J connectivity index is 1.44. The van der Waals surface area contributed by atoms with Gasteiger partial charge in [0.1, 0.15) is 17.5 Å². The Morgan fingerprint density at radius 1 is 0.839 bits per heavy atom. The monoisotopic (exact) mass is 444 g/mol. The Morgan fingerprint density at radius 2 is 1.35 bits per heavy atom. The van der Waals surface area contributed by atoms with Crippen LogP contribution in [0.2, 0.25) is 0 Å². The highest BCUT2D eigenvalue weighted by molar-refractivity contribution is 7.89. The highest BCUT2D eigenvalue weighted by Gasteiger charge is 2.29. The van der Waals surface area contributed by atoms with E-state index in [-0.39, 0.29) is 0 Å². The molecule has 2 aliphatic heterocycles. The molecule has 0 bridgehead atoms. The fourth-order valence-electron chi connectivity index (χ4n) is 4.10. The summed E-state index contributed by atoms with van der Waals surface area (Å²) in [6.07, 6.45) is 0.896. The third-order valence-electron chi connectivity index (χ3n) is 6.17. The van der Waals surface area contributed by atoms with Crippen molar-refractivity contribution in [3.05, 3.63) is 41.7 Å². The smallest absolute Gasteiger partial charge is 0.243 e. The van der Waals surface area contributed by atoms with Gasteiger partial charge in [0, 0.05) is 58.4 Å². The summed E-state index contributed by atoms with van der Waals surface area (Å²) in [5.41, 5.74) is 1.14. The molecule has 1 aromatic heterocycles. The number of benzene rings is 1. The molecule has 0 saturated carbocycles. The van der Waals surface area contributed by atoms with E-state index in [9.17, 15) is 8.42 Å². The van der Waals surface area contributed by atoms with Crippen molar-refractivity contribution < 1.29 is 8.42 Å². The van der Waals surface area contributed by atoms with Crippen LogP contribution in [0.15, 0.2) is 35.2 Å². The number of hydrogen-bond acceptors (Lipinski definition) is 7. The zero-order chi connectivity index (χ0) is 22.0. The van der Waals surface area contributed by atoms with Crippen molar-refractivity contribution in [1.29, 1.82) is 0 Å². The Labute approximate surface area is 185 Å². The van der Waals surface area contributed by atoms with Gasteiger partial charge in [-0.1, -0.05) is 19.1 Å². The van der Waals surface area contributed by atoms with Gasteiger partial charge in [-0.05, 0) is 38.1 Å². The molecule has 8 nitrogen and oxygen atoms in total. The van der Waals surface area contributed by atoms with Gasteiger partial charge in [-0.2, -0.15) is 4.31 Å². The van der Waals surface area contributed by atoms with Crippen molar-refractivity contribution in [3.63, 3.8) is 0 Å². The van der Waals surface area contributed by atoms with E-state index in [1.54, 1.807) is 16.4 Å². The third kappa shape index (κ3) is 4.83. The summed E-state index contributed by atoms with van der Waals surface area (Å²) in [4.78, 5) is 16.5. The largest absolute Gasteiger partial charge is 0.354 e. The van der Waals surface area contributed by atoms with Gasteiger partial charge in [-0.15, -0.1) is 0 Å². The minimum absolute atomic E-state index is 0.369. The van der Waals surface area contributed by atoms with Crippen LogP contribution in [0.3, 0.4) is 0 Å². The van der Waals surface area contributed by atoms with Crippen molar-refractivity contribution in [2.45, 2.75) is 25.2 Å². The number of aromatic nitrogens is 2. The lowest BCUT2D eigenvalue weighted by molar-refractivity contribution is 0.312. The topological polar surface area (TPSA) is 72.9 Å². The molecule has 2 fully saturated rings. The average Bonchev–Trinajstić information content (AvgIpc) is 2.79. The summed E-state index contributed by atoms with van der Waals surface area (Å²) >= 11 is 0. The van der Waals surface area contributed by atoms with Crippen molar-refractivity contribution >= 4 is 21.7 Å². The van der Waals surface area contributed by atoms with Gasteiger partial charge < -0.3 is 14.7 Å². The molecule has 0 spiro atoms. The first kappa shape index (κ1) is 22.0. The number of likely N-dealkylation sites (N-methyl/N-ethyl adjacent to an activating group) is 1. The van der Waals surface area contributed by atoms with Crippen molar-refractivity contribution in [2.75, 3.05) is 69.2 Å². The lowest BCUT2D eigenvalue weighted by Gasteiger charge is -2.36. The van der Waals surface area contributed by atoms with Crippen LogP contribution in [0.5, 0.6) is 0 Å². The number of rotatable bonds is 5. The minimum atomic E-state index is -3.47. The molecule has 0 radical (unpaired) electrons. The summed E-state index contributed by atoms with van der Waals surface area (Å²) in [5, 5.41) is 0. The van der Waals surface area contributed by atoms with Crippen molar-refractivity contribution in [2.24, 2.45) is 0 Å². The first-order chi connectivity index (χ1) is 14.9. The summed E-state index contributed by atoms with van der Waals surface area (Å²) in [5.74, 6) is 2.59. The Morgan fingerprint density at radius 3 is 1.87 bits per heavy atom. The lowest BCUT2D eigenvalue weighted by atomic mass is 10.2. The maximum absolute atomic E-state index is 13.0. The SMILES string of the molecule is CCc1ccc(S(=O)(=O)N2CCN(c3cc(N4CCN(C)CC4)nc(C)n3)CC2)cc1. The van der Waals surface area contributed by atoms with Crippen LogP contribution in [0.4, 0.5) is 11.6 Å². The highest BCUT2D eigenvalue weighted by atomic mass is 32.2.